The quantitative estimate of drug-likeness (QED) is 0.842. The Morgan fingerprint density at radius 1 is 1.22 bits per heavy atom. The summed E-state index contributed by atoms with van der Waals surface area (Å²) < 4.78 is 39.0. The Hall–Kier alpha value is -2.48. The van der Waals surface area contributed by atoms with E-state index in [1.165, 1.54) is 24.9 Å². The first-order chi connectivity index (χ1) is 10.8. The number of hydrogen-bond acceptors (Lipinski definition) is 5. The third-order valence-electron chi connectivity index (χ3n) is 3.52. The first kappa shape index (κ1) is 16.9. The lowest BCUT2D eigenvalue weighted by atomic mass is 10.3. The highest BCUT2D eigenvalue weighted by atomic mass is 32.2. The number of para-hydroxylation sites is 2. The summed E-state index contributed by atoms with van der Waals surface area (Å²) in [6, 6.07) is 7.96. The number of carbonyl (C=O) groups is 1. The van der Waals surface area contributed by atoms with Crippen LogP contribution >= 0.6 is 0 Å². The molecule has 8 heteroatoms. The van der Waals surface area contributed by atoms with Gasteiger partial charge in [0.25, 0.3) is 10.0 Å². The van der Waals surface area contributed by atoms with Crippen molar-refractivity contribution in [3.63, 3.8) is 0 Å². The maximum atomic E-state index is 12.6. The van der Waals surface area contributed by atoms with Gasteiger partial charge in [0.1, 0.15) is 16.3 Å². The number of ether oxygens (including phenoxy) is 2. The topological polar surface area (TPSA) is 86.6 Å². The second-order valence-corrected chi connectivity index (χ2v) is 6.49. The Morgan fingerprint density at radius 2 is 1.87 bits per heavy atom. The molecule has 1 aromatic heterocycles. The first-order valence-corrected chi connectivity index (χ1v) is 8.20. The van der Waals surface area contributed by atoms with Crippen molar-refractivity contribution in [3.8, 4) is 5.75 Å². The molecule has 23 heavy (non-hydrogen) atoms. The Bertz CT molecular complexity index is 840. The summed E-state index contributed by atoms with van der Waals surface area (Å²) in [5.74, 6) is -0.202. The number of nitrogens with zero attached hydrogens (tertiary/aromatic N) is 1. The molecule has 0 saturated carbocycles. The van der Waals surface area contributed by atoms with E-state index in [0.29, 0.717) is 17.1 Å². The van der Waals surface area contributed by atoms with E-state index in [1.54, 1.807) is 38.2 Å². The van der Waals surface area contributed by atoms with E-state index in [-0.39, 0.29) is 10.6 Å². The van der Waals surface area contributed by atoms with Crippen LogP contribution in [0.3, 0.4) is 0 Å². The van der Waals surface area contributed by atoms with Crippen molar-refractivity contribution in [2.24, 2.45) is 7.05 Å². The monoisotopic (exact) mass is 338 g/mol. The van der Waals surface area contributed by atoms with Crippen LogP contribution in [0.25, 0.3) is 0 Å². The third-order valence-corrected chi connectivity index (χ3v) is 5.01. The van der Waals surface area contributed by atoms with Gasteiger partial charge < -0.3 is 14.0 Å². The molecule has 0 amide bonds. The molecule has 0 bridgehead atoms. The second kappa shape index (κ2) is 6.33. The average molecular weight is 338 g/mol. The Labute approximate surface area is 134 Å². The smallest absolute Gasteiger partial charge is 0.354 e. The molecule has 0 spiro atoms. The summed E-state index contributed by atoms with van der Waals surface area (Å²) in [7, 11) is 0.419. The van der Waals surface area contributed by atoms with Crippen LogP contribution in [0.15, 0.2) is 35.2 Å². The van der Waals surface area contributed by atoms with E-state index in [0.717, 1.165) is 0 Å². The van der Waals surface area contributed by atoms with Crippen LogP contribution in [-0.2, 0) is 21.8 Å². The summed E-state index contributed by atoms with van der Waals surface area (Å²) in [4.78, 5) is 11.7. The number of rotatable bonds is 5. The van der Waals surface area contributed by atoms with Gasteiger partial charge in [0.15, 0.2) is 0 Å². The van der Waals surface area contributed by atoms with Crippen LogP contribution in [0.5, 0.6) is 5.75 Å². The van der Waals surface area contributed by atoms with Crippen molar-refractivity contribution in [2.45, 2.75) is 11.8 Å². The predicted octanol–water partition coefficient (Wildman–Crippen LogP) is 1.93. The molecular weight excluding hydrogens is 320 g/mol. The highest BCUT2D eigenvalue weighted by Gasteiger charge is 2.25. The van der Waals surface area contributed by atoms with Gasteiger partial charge in [0, 0.05) is 12.7 Å². The second-order valence-electron chi connectivity index (χ2n) is 4.84. The van der Waals surface area contributed by atoms with Crippen molar-refractivity contribution in [1.29, 1.82) is 0 Å². The number of anilines is 1. The third kappa shape index (κ3) is 3.16. The highest BCUT2D eigenvalue weighted by Crippen LogP contribution is 2.28. The number of carbonyl (C=O) groups excluding carboxylic acids is 1. The van der Waals surface area contributed by atoms with E-state index in [2.05, 4.69) is 9.46 Å². The van der Waals surface area contributed by atoms with Gasteiger partial charge in [-0.1, -0.05) is 12.1 Å². The van der Waals surface area contributed by atoms with Gasteiger partial charge in [-0.05, 0) is 25.1 Å². The fourth-order valence-corrected chi connectivity index (χ4v) is 3.53. The van der Waals surface area contributed by atoms with Crippen LogP contribution in [0.2, 0.25) is 0 Å². The molecule has 2 aromatic rings. The molecule has 0 atom stereocenters. The van der Waals surface area contributed by atoms with E-state index < -0.39 is 16.0 Å². The molecule has 0 fully saturated rings. The minimum absolute atomic E-state index is 0.00584. The summed E-state index contributed by atoms with van der Waals surface area (Å²) >= 11 is 0. The SMILES string of the molecule is COC(=O)c1cc(S(=O)(=O)Nc2ccccc2OC)c(C)n1C. The molecule has 1 aromatic carbocycles. The highest BCUT2D eigenvalue weighted by molar-refractivity contribution is 7.92. The van der Waals surface area contributed by atoms with Gasteiger partial charge in [-0.25, -0.2) is 13.2 Å². The first-order valence-electron chi connectivity index (χ1n) is 6.72. The summed E-state index contributed by atoms with van der Waals surface area (Å²) in [5, 5.41) is 0. The molecule has 0 aliphatic heterocycles. The zero-order valence-electron chi connectivity index (χ0n) is 13.3. The molecular formula is C15H18N2O5S. The fourth-order valence-electron chi connectivity index (χ4n) is 2.17. The number of nitrogens with one attached hydrogen (secondary N) is 1. The van der Waals surface area contributed by atoms with Gasteiger partial charge in [0.2, 0.25) is 0 Å². The number of methoxy groups -OCH3 is 2. The number of sulfonamides is 1. The lowest BCUT2D eigenvalue weighted by Crippen LogP contribution is -2.14. The summed E-state index contributed by atoms with van der Waals surface area (Å²) in [6.07, 6.45) is 0. The van der Waals surface area contributed by atoms with Crippen LogP contribution < -0.4 is 9.46 Å². The van der Waals surface area contributed by atoms with E-state index in [1.807, 2.05) is 0 Å². The lowest BCUT2D eigenvalue weighted by Gasteiger charge is -2.11. The minimum Gasteiger partial charge on any atom is -0.495 e. The van der Waals surface area contributed by atoms with E-state index in [9.17, 15) is 13.2 Å². The Morgan fingerprint density at radius 3 is 2.48 bits per heavy atom. The summed E-state index contributed by atoms with van der Waals surface area (Å²) in [5.41, 5.74) is 0.899. The average Bonchev–Trinajstić information content (AvgIpc) is 2.83. The standard InChI is InChI=1S/C15H18N2O5S/c1-10-14(9-12(17(10)2)15(18)22-4)23(19,20)16-11-7-5-6-8-13(11)21-3/h5-9,16H,1-4H3. The van der Waals surface area contributed by atoms with Crippen molar-refractivity contribution >= 4 is 21.7 Å². The van der Waals surface area contributed by atoms with Crippen LogP contribution in [0, 0.1) is 6.92 Å². The number of esters is 1. The number of benzene rings is 1. The molecule has 0 saturated heterocycles. The molecule has 1 heterocycles. The van der Waals surface area contributed by atoms with Crippen LogP contribution in [0.1, 0.15) is 16.2 Å². The van der Waals surface area contributed by atoms with Gasteiger partial charge >= 0.3 is 5.97 Å². The van der Waals surface area contributed by atoms with Crippen molar-refractivity contribution in [3.05, 3.63) is 41.7 Å². The Balaban J connectivity index is 2.46. The molecule has 1 N–H and O–H groups in total. The maximum absolute atomic E-state index is 12.6. The molecule has 0 aliphatic rings. The van der Waals surface area contributed by atoms with E-state index >= 15 is 0 Å². The van der Waals surface area contributed by atoms with Crippen LogP contribution in [0.4, 0.5) is 5.69 Å². The minimum atomic E-state index is -3.88. The largest absolute Gasteiger partial charge is 0.495 e. The van der Waals surface area contributed by atoms with Crippen molar-refractivity contribution < 1.29 is 22.7 Å². The van der Waals surface area contributed by atoms with E-state index in [4.69, 9.17) is 4.74 Å². The predicted molar refractivity (Wildman–Crippen MR) is 85.3 cm³/mol. The normalized spacial score (nSPS) is 11.1. The fraction of sp³-hybridized carbons (Fsp3) is 0.267. The number of hydrogen-bond donors (Lipinski definition) is 1. The number of aromatic nitrogens is 1. The van der Waals surface area contributed by atoms with Crippen molar-refractivity contribution in [1.82, 2.24) is 4.57 Å². The van der Waals surface area contributed by atoms with Crippen molar-refractivity contribution in [2.75, 3.05) is 18.9 Å². The van der Waals surface area contributed by atoms with Gasteiger partial charge in [-0.3, -0.25) is 4.72 Å². The Kier molecular flexibility index (Phi) is 4.65. The molecule has 0 radical (unpaired) electrons. The maximum Gasteiger partial charge on any atom is 0.354 e. The van der Waals surface area contributed by atoms with Crippen LogP contribution in [-0.4, -0.2) is 33.2 Å². The zero-order chi connectivity index (χ0) is 17.2. The molecule has 2 rings (SSSR count). The van der Waals surface area contributed by atoms with Gasteiger partial charge in [0.05, 0.1) is 19.9 Å². The molecule has 0 aliphatic carbocycles. The zero-order valence-corrected chi connectivity index (χ0v) is 14.1. The van der Waals surface area contributed by atoms with Gasteiger partial charge in [-0.2, -0.15) is 0 Å². The lowest BCUT2D eigenvalue weighted by molar-refractivity contribution is 0.0589. The molecule has 124 valence electrons. The molecule has 7 nitrogen and oxygen atoms in total. The summed E-state index contributed by atoms with van der Waals surface area (Å²) in [6.45, 7) is 1.61. The molecule has 0 unspecified atom stereocenters. The van der Waals surface area contributed by atoms with Gasteiger partial charge in [-0.15, -0.1) is 0 Å².